The molecule has 104 valence electrons. The monoisotopic (exact) mass is 268 g/mol. The van der Waals surface area contributed by atoms with Gasteiger partial charge in [0.1, 0.15) is 11.9 Å². The van der Waals surface area contributed by atoms with E-state index < -0.39 is 23.7 Å². The minimum Gasteiger partial charge on any atom is -0.467 e. The molecule has 0 heterocycles. The number of halogens is 1. The van der Waals surface area contributed by atoms with E-state index in [2.05, 4.69) is 10.1 Å². The molecule has 1 amide bonds. The summed E-state index contributed by atoms with van der Waals surface area (Å²) in [5.74, 6) is -1.88. The summed E-state index contributed by atoms with van der Waals surface area (Å²) >= 11 is 0. The predicted octanol–water partition coefficient (Wildman–Crippen LogP) is 1.34. The van der Waals surface area contributed by atoms with Crippen molar-refractivity contribution in [1.29, 1.82) is 0 Å². The first-order chi connectivity index (χ1) is 8.85. The fourth-order valence-electron chi connectivity index (χ4n) is 1.59. The van der Waals surface area contributed by atoms with E-state index in [0.29, 0.717) is 0 Å². The lowest BCUT2D eigenvalue weighted by molar-refractivity contribution is -0.144. The Morgan fingerprint density at radius 2 is 1.95 bits per heavy atom. The molecule has 1 unspecified atom stereocenters. The Hall–Kier alpha value is -2.11. The molecule has 1 aromatic rings. The number of nitrogens with one attached hydrogen (secondary N) is 1. The predicted molar refractivity (Wildman–Crippen MR) is 68.9 cm³/mol. The first kappa shape index (κ1) is 14.9. The van der Waals surface area contributed by atoms with E-state index in [0.717, 1.165) is 12.1 Å². The number of nitrogen functional groups attached to an aromatic ring is 1. The number of rotatable bonds is 4. The third-order valence-electron chi connectivity index (χ3n) is 2.59. The summed E-state index contributed by atoms with van der Waals surface area (Å²) in [7, 11) is 1.24. The Balaban J connectivity index is 2.90. The highest BCUT2D eigenvalue weighted by molar-refractivity contribution is 5.97. The van der Waals surface area contributed by atoms with Gasteiger partial charge in [-0.25, -0.2) is 9.18 Å². The molecular formula is C13H17FN2O3. The smallest absolute Gasteiger partial charge is 0.328 e. The van der Waals surface area contributed by atoms with E-state index in [1.807, 2.05) is 0 Å². The van der Waals surface area contributed by atoms with E-state index >= 15 is 0 Å². The van der Waals surface area contributed by atoms with Crippen molar-refractivity contribution >= 4 is 17.6 Å². The van der Waals surface area contributed by atoms with Crippen LogP contribution in [0.15, 0.2) is 18.2 Å². The SMILES string of the molecule is COC(=O)C(NC(=O)c1cc(N)cc(F)c1)C(C)C. The number of benzene rings is 1. The van der Waals surface area contributed by atoms with Gasteiger partial charge in [0.05, 0.1) is 7.11 Å². The van der Waals surface area contributed by atoms with Gasteiger partial charge in [-0.2, -0.15) is 0 Å². The molecule has 1 aromatic carbocycles. The van der Waals surface area contributed by atoms with Gasteiger partial charge in [-0.15, -0.1) is 0 Å². The summed E-state index contributed by atoms with van der Waals surface area (Å²) in [4.78, 5) is 23.5. The van der Waals surface area contributed by atoms with Crippen LogP contribution in [0.25, 0.3) is 0 Å². The molecule has 3 N–H and O–H groups in total. The van der Waals surface area contributed by atoms with Crippen molar-refractivity contribution in [2.45, 2.75) is 19.9 Å². The summed E-state index contributed by atoms with van der Waals surface area (Å²) in [6.45, 7) is 3.53. The van der Waals surface area contributed by atoms with Crippen LogP contribution in [0.3, 0.4) is 0 Å². The van der Waals surface area contributed by atoms with Crippen molar-refractivity contribution in [2.75, 3.05) is 12.8 Å². The summed E-state index contributed by atoms with van der Waals surface area (Å²) < 4.78 is 17.8. The average molecular weight is 268 g/mol. The van der Waals surface area contributed by atoms with Crippen LogP contribution in [0.5, 0.6) is 0 Å². The number of hydrogen-bond acceptors (Lipinski definition) is 4. The molecule has 0 aromatic heterocycles. The molecule has 0 fully saturated rings. The molecule has 0 saturated carbocycles. The standard InChI is InChI=1S/C13H17FN2O3/c1-7(2)11(13(18)19-3)16-12(17)8-4-9(14)6-10(15)5-8/h4-7,11H,15H2,1-3H3,(H,16,17). The lowest BCUT2D eigenvalue weighted by Gasteiger charge is -2.19. The highest BCUT2D eigenvalue weighted by atomic mass is 19.1. The van der Waals surface area contributed by atoms with Crippen LogP contribution >= 0.6 is 0 Å². The summed E-state index contributed by atoms with van der Waals surface area (Å²) in [5, 5.41) is 2.50. The summed E-state index contributed by atoms with van der Waals surface area (Å²) in [6.07, 6.45) is 0. The van der Waals surface area contributed by atoms with Gasteiger partial charge >= 0.3 is 5.97 Å². The van der Waals surface area contributed by atoms with E-state index in [1.54, 1.807) is 13.8 Å². The number of nitrogens with two attached hydrogens (primary N) is 1. The third kappa shape index (κ3) is 3.94. The quantitative estimate of drug-likeness (QED) is 0.637. The number of anilines is 1. The fraction of sp³-hybridized carbons (Fsp3) is 0.385. The van der Waals surface area contributed by atoms with Crippen LogP contribution in [0.2, 0.25) is 0 Å². The third-order valence-corrected chi connectivity index (χ3v) is 2.59. The number of carbonyl (C=O) groups excluding carboxylic acids is 2. The molecule has 0 aliphatic heterocycles. The van der Waals surface area contributed by atoms with Gasteiger partial charge in [-0.05, 0) is 24.1 Å². The van der Waals surface area contributed by atoms with Crippen molar-refractivity contribution in [2.24, 2.45) is 5.92 Å². The Morgan fingerprint density at radius 1 is 1.32 bits per heavy atom. The first-order valence-electron chi connectivity index (χ1n) is 5.80. The second-order valence-electron chi connectivity index (χ2n) is 4.49. The Kier molecular flexibility index (Phi) is 4.86. The van der Waals surface area contributed by atoms with Crippen LogP contribution in [0.4, 0.5) is 10.1 Å². The van der Waals surface area contributed by atoms with Gasteiger partial charge in [0.15, 0.2) is 0 Å². The average Bonchev–Trinajstić information content (AvgIpc) is 2.33. The summed E-state index contributed by atoms with van der Waals surface area (Å²) in [5.41, 5.74) is 5.67. The van der Waals surface area contributed by atoms with E-state index in [4.69, 9.17) is 5.73 Å². The molecule has 19 heavy (non-hydrogen) atoms. The van der Waals surface area contributed by atoms with Crippen LogP contribution in [-0.4, -0.2) is 25.0 Å². The van der Waals surface area contributed by atoms with Gasteiger partial charge in [0.2, 0.25) is 0 Å². The second-order valence-corrected chi connectivity index (χ2v) is 4.49. The van der Waals surface area contributed by atoms with Gasteiger partial charge in [0, 0.05) is 11.3 Å². The molecule has 0 saturated heterocycles. The van der Waals surface area contributed by atoms with Gasteiger partial charge in [0.25, 0.3) is 5.91 Å². The minimum atomic E-state index is -0.790. The fourth-order valence-corrected chi connectivity index (χ4v) is 1.59. The number of hydrogen-bond donors (Lipinski definition) is 2. The molecular weight excluding hydrogens is 251 g/mol. The van der Waals surface area contributed by atoms with Crippen LogP contribution in [0, 0.1) is 11.7 Å². The van der Waals surface area contributed by atoms with Crippen molar-refractivity contribution in [3.8, 4) is 0 Å². The van der Waals surface area contributed by atoms with E-state index in [9.17, 15) is 14.0 Å². The molecule has 0 bridgehead atoms. The number of methoxy groups -OCH3 is 1. The maximum Gasteiger partial charge on any atom is 0.328 e. The normalized spacial score (nSPS) is 12.1. The number of carbonyl (C=O) groups is 2. The first-order valence-corrected chi connectivity index (χ1v) is 5.80. The largest absolute Gasteiger partial charge is 0.467 e. The molecule has 0 aliphatic rings. The number of ether oxygens (including phenoxy) is 1. The lowest BCUT2D eigenvalue weighted by atomic mass is 10.0. The Labute approximate surface area is 110 Å². The van der Waals surface area contributed by atoms with Gasteiger partial charge in [-0.3, -0.25) is 4.79 Å². The Morgan fingerprint density at radius 3 is 2.42 bits per heavy atom. The van der Waals surface area contributed by atoms with Gasteiger partial charge in [-0.1, -0.05) is 13.8 Å². The van der Waals surface area contributed by atoms with Crippen molar-refractivity contribution in [1.82, 2.24) is 5.32 Å². The van der Waals surface area contributed by atoms with Crippen LogP contribution < -0.4 is 11.1 Å². The second kappa shape index (κ2) is 6.17. The topological polar surface area (TPSA) is 81.4 Å². The van der Waals surface area contributed by atoms with Crippen molar-refractivity contribution in [3.63, 3.8) is 0 Å². The molecule has 0 spiro atoms. The van der Waals surface area contributed by atoms with E-state index in [1.165, 1.54) is 13.2 Å². The minimum absolute atomic E-state index is 0.0621. The van der Waals surface area contributed by atoms with Gasteiger partial charge < -0.3 is 15.8 Å². The maximum atomic E-state index is 13.2. The zero-order chi connectivity index (χ0) is 14.6. The number of amides is 1. The van der Waals surface area contributed by atoms with Crippen molar-refractivity contribution < 1.29 is 18.7 Å². The van der Waals surface area contributed by atoms with E-state index in [-0.39, 0.29) is 17.2 Å². The maximum absolute atomic E-state index is 13.2. The highest BCUT2D eigenvalue weighted by Gasteiger charge is 2.25. The number of esters is 1. The van der Waals surface area contributed by atoms with Crippen LogP contribution in [0.1, 0.15) is 24.2 Å². The lowest BCUT2D eigenvalue weighted by Crippen LogP contribution is -2.45. The molecule has 0 aliphatic carbocycles. The molecule has 0 radical (unpaired) electrons. The molecule has 1 atom stereocenters. The highest BCUT2D eigenvalue weighted by Crippen LogP contribution is 2.12. The molecule has 5 nitrogen and oxygen atoms in total. The Bertz CT molecular complexity index is 469. The van der Waals surface area contributed by atoms with Crippen LogP contribution in [-0.2, 0) is 9.53 Å². The molecule has 6 heteroatoms. The summed E-state index contributed by atoms with van der Waals surface area (Å²) in [6, 6.07) is 2.71. The van der Waals surface area contributed by atoms with Crippen molar-refractivity contribution in [3.05, 3.63) is 29.6 Å². The zero-order valence-corrected chi connectivity index (χ0v) is 11.1. The zero-order valence-electron chi connectivity index (χ0n) is 11.1. The molecule has 1 rings (SSSR count).